The lowest BCUT2D eigenvalue weighted by atomic mass is 9.85. The Bertz CT molecular complexity index is 269. The summed E-state index contributed by atoms with van der Waals surface area (Å²) in [4.78, 5) is 0. The van der Waals surface area contributed by atoms with Crippen LogP contribution >= 0.6 is 15.9 Å². The van der Waals surface area contributed by atoms with Gasteiger partial charge in [-0.15, -0.1) is 0 Å². The maximum Gasteiger partial charge on any atom is 0.147 e. The van der Waals surface area contributed by atoms with E-state index in [1.54, 1.807) is 0 Å². The fraction of sp³-hybridized carbons (Fsp3) is 1.00. The van der Waals surface area contributed by atoms with Gasteiger partial charge in [0.1, 0.15) is 9.84 Å². The van der Waals surface area contributed by atoms with Crippen molar-refractivity contribution in [3.8, 4) is 0 Å². The van der Waals surface area contributed by atoms with Gasteiger partial charge in [0.15, 0.2) is 0 Å². The molecular formula is C9H17BrO2S. The summed E-state index contributed by atoms with van der Waals surface area (Å²) in [6.07, 6.45) is 4.65. The van der Waals surface area contributed by atoms with E-state index in [9.17, 15) is 8.42 Å². The van der Waals surface area contributed by atoms with E-state index in [0.29, 0.717) is 5.75 Å². The highest BCUT2D eigenvalue weighted by Crippen LogP contribution is 2.48. The third-order valence-electron chi connectivity index (χ3n) is 2.91. The van der Waals surface area contributed by atoms with Crippen LogP contribution in [-0.4, -0.2) is 25.8 Å². The molecule has 1 atom stereocenters. The van der Waals surface area contributed by atoms with Crippen LogP contribution in [0, 0.1) is 11.3 Å². The van der Waals surface area contributed by atoms with E-state index in [1.807, 2.05) is 0 Å². The number of rotatable bonds is 5. The van der Waals surface area contributed by atoms with Gasteiger partial charge in [-0.3, -0.25) is 0 Å². The van der Waals surface area contributed by atoms with Crippen molar-refractivity contribution < 1.29 is 8.42 Å². The second kappa shape index (κ2) is 3.89. The first-order chi connectivity index (χ1) is 5.87. The summed E-state index contributed by atoms with van der Waals surface area (Å²) in [5.74, 6) is 1.07. The van der Waals surface area contributed by atoms with Gasteiger partial charge in [0.2, 0.25) is 0 Å². The molecule has 78 valence electrons. The van der Waals surface area contributed by atoms with E-state index in [1.165, 1.54) is 19.1 Å². The molecule has 0 bridgehead atoms. The summed E-state index contributed by atoms with van der Waals surface area (Å²) in [5, 5.41) is 0.917. The van der Waals surface area contributed by atoms with Crippen LogP contribution in [0.3, 0.4) is 0 Å². The molecule has 0 amide bonds. The van der Waals surface area contributed by atoms with Gasteiger partial charge in [-0.1, -0.05) is 22.9 Å². The van der Waals surface area contributed by atoms with Gasteiger partial charge >= 0.3 is 0 Å². The molecule has 4 heteroatoms. The normalized spacial score (nSPS) is 22.7. The largest absolute Gasteiger partial charge is 0.229 e. The summed E-state index contributed by atoms with van der Waals surface area (Å²) < 4.78 is 22.0. The Kier molecular flexibility index (Phi) is 3.44. The molecule has 0 radical (unpaired) electrons. The molecule has 0 aliphatic heterocycles. The van der Waals surface area contributed by atoms with Crippen molar-refractivity contribution in [2.24, 2.45) is 11.3 Å². The number of sulfone groups is 1. The second-order valence-corrected chi connectivity index (χ2v) is 7.26. The van der Waals surface area contributed by atoms with E-state index < -0.39 is 9.84 Å². The highest BCUT2D eigenvalue weighted by Gasteiger charge is 2.40. The quantitative estimate of drug-likeness (QED) is 0.717. The molecule has 1 fully saturated rings. The van der Waals surface area contributed by atoms with Crippen LogP contribution in [0.5, 0.6) is 0 Å². The van der Waals surface area contributed by atoms with E-state index >= 15 is 0 Å². The van der Waals surface area contributed by atoms with Crippen LogP contribution in [0.4, 0.5) is 0 Å². The topological polar surface area (TPSA) is 34.1 Å². The van der Waals surface area contributed by atoms with Crippen molar-refractivity contribution in [1.29, 1.82) is 0 Å². The minimum absolute atomic E-state index is 0.198. The molecule has 2 nitrogen and oxygen atoms in total. The molecule has 0 heterocycles. The number of alkyl halides is 1. The standard InChI is InChI=1S/C9H17BrO2S/c1-9(7-10,8-3-4-8)5-6-13(2,11)12/h8H,3-7H2,1-2H3. The molecule has 13 heavy (non-hydrogen) atoms. The van der Waals surface area contributed by atoms with E-state index in [-0.39, 0.29) is 5.41 Å². The highest BCUT2D eigenvalue weighted by atomic mass is 79.9. The fourth-order valence-electron chi connectivity index (χ4n) is 1.58. The Hall–Kier alpha value is 0.430. The lowest BCUT2D eigenvalue weighted by Gasteiger charge is -2.26. The molecule has 0 spiro atoms. The summed E-state index contributed by atoms with van der Waals surface area (Å²) in [6.45, 7) is 2.19. The van der Waals surface area contributed by atoms with Crippen LogP contribution in [0.15, 0.2) is 0 Å². The number of halogens is 1. The SMILES string of the molecule is CC(CBr)(CCS(C)(=O)=O)C1CC1. The predicted octanol–water partition coefficient (Wildman–Crippen LogP) is 2.23. The summed E-state index contributed by atoms with van der Waals surface area (Å²) in [7, 11) is -2.79. The molecular weight excluding hydrogens is 252 g/mol. The van der Waals surface area contributed by atoms with Gasteiger partial charge < -0.3 is 0 Å². The molecule has 0 saturated heterocycles. The predicted molar refractivity (Wildman–Crippen MR) is 59.0 cm³/mol. The summed E-state index contributed by atoms with van der Waals surface area (Å²) in [5.41, 5.74) is 0.198. The lowest BCUT2D eigenvalue weighted by Crippen LogP contribution is -2.24. The molecule has 1 aliphatic carbocycles. The molecule has 0 aromatic carbocycles. The fourth-order valence-corrected chi connectivity index (χ4v) is 3.15. The van der Waals surface area contributed by atoms with Gasteiger partial charge in [0.05, 0.1) is 5.75 Å². The zero-order valence-corrected chi connectivity index (χ0v) is 10.6. The molecule has 0 N–H and O–H groups in total. The smallest absolute Gasteiger partial charge is 0.147 e. The van der Waals surface area contributed by atoms with E-state index in [4.69, 9.17) is 0 Å². The maximum absolute atomic E-state index is 11.0. The highest BCUT2D eigenvalue weighted by molar-refractivity contribution is 9.09. The number of hydrogen-bond acceptors (Lipinski definition) is 2. The van der Waals surface area contributed by atoms with Crippen LogP contribution in [0.2, 0.25) is 0 Å². The third-order valence-corrected chi connectivity index (χ3v) is 5.14. The minimum atomic E-state index is -2.79. The molecule has 0 aromatic heterocycles. The Labute approximate surface area is 89.1 Å². The first-order valence-corrected chi connectivity index (χ1v) is 7.79. The molecule has 1 rings (SSSR count). The summed E-state index contributed by atoms with van der Waals surface area (Å²) in [6, 6.07) is 0. The average molecular weight is 269 g/mol. The third kappa shape index (κ3) is 3.58. The monoisotopic (exact) mass is 268 g/mol. The Balaban J connectivity index is 2.49. The van der Waals surface area contributed by atoms with Gasteiger partial charge in [-0.05, 0) is 30.6 Å². The molecule has 1 aliphatic rings. The van der Waals surface area contributed by atoms with Crippen molar-refractivity contribution in [2.45, 2.75) is 26.2 Å². The average Bonchev–Trinajstić information content (AvgIpc) is 2.81. The Morgan fingerprint density at radius 1 is 1.46 bits per heavy atom. The first-order valence-electron chi connectivity index (χ1n) is 4.61. The maximum atomic E-state index is 11.0. The van der Waals surface area contributed by atoms with E-state index in [2.05, 4.69) is 22.9 Å². The van der Waals surface area contributed by atoms with Crippen molar-refractivity contribution >= 4 is 25.8 Å². The summed E-state index contributed by atoms with van der Waals surface area (Å²) >= 11 is 3.49. The van der Waals surface area contributed by atoms with Crippen molar-refractivity contribution in [1.82, 2.24) is 0 Å². The van der Waals surface area contributed by atoms with Gasteiger partial charge in [0.25, 0.3) is 0 Å². The Morgan fingerprint density at radius 3 is 2.31 bits per heavy atom. The molecule has 1 unspecified atom stereocenters. The van der Waals surface area contributed by atoms with Gasteiger partial charge in [0, 0.05) is 11.6 Å². The van der Waals surface area contributed by atoms with Crippen LogP contribution in [0.25, 0.3) is 0 Å². The lowest BCUT2D eigenvalue weighted by molar-refractivity contribution is 0.309. The second-order valence-electron chi connectivity index (χ2n) is 4.44. The molecule has 0 aromatic rings. The molecule has 1 saturated carbocycles. The van der Waals surface area contributed by atoms with Crippen molar-refractivity contribution in [3.63, 3.8) is 0 Å². The zero-order chi connectivity index (χ0) is 10.1. The van der Waals surface area contributed by atoms with Crippen molar-refractivity contribution in [2.75, 3.05) is 17.3 Å². The van der Waals surface area contributed by atoms with Crippen LogP contribution in [-0.2, 0) is 9.84 Å². The van der Waals surface area contributed by atoms with Crippen LogP contribution < -0.4 is 0 Å². The van der Waals surface area contributed by atoms with Crippen molar-refractivity contribution in [3.05, 3.63) is 0 Å². The minimum Gasteiger partial charge on any atom is -0.229 e. The first kappa shape index (κ1) is 11.5. The van der Waals surface area contributed by atoms with Gasteiger partial charge in [-0.2, -0.15) is 0 Å². The Morgan fingerprint density at radius 2 is 2.00 bits per heavy atom. The zero-order valence-electron chi connectivity index (χ0n) is 8.22. The van der Waals surface area contributed by atoms with Gasteiger partial charge in [-0.25, -0.2) is 8.42 Å². The van der Waals surface area contributed by atoms with E-state index in [0.717, 1.165) is 17.7 Å². The number of hydrogen-bond donors (Lipinski definition) is 0. The van der Waals surface area contributed by atoms with Crippen LogP contribution in [0.1, 0.15) is 26.2 Å².